The minimum absolute atomic E-state index is 0.242. The van der Waals surface area contributed by atoms with E-state index in [4.69, 9.17) is 23.7 Å². The number of ether oxygens (including phenoxy) is 5. The predicted octanol–water partition coefficient (Wildman–Crippen LogP) is -0.321. The van der Waals surface area contributed by atoms with Gasteiger partial charge < -0.3 is 29.0 Å². The molecule has 1 amide bonds. The Kier molecular flexibility index (Phi) is 8.46. The van der Waals surface area contributed by atoms with Crippen LogP contribution in [-0.2, 0) is 42.9 Å². The Morgan fingerprint density at radius 1 is 0.923 bits per heavy atom. The van der Waals surface area contributed by atoms with Crippen molar-refractivity contribution in [3.05, 3.63) is 0 Å². The molecule has 0 aromatic rings. The Morgan fingerprint density at radius 3 is 1.96 bits per heavy atom. The molecule has 0 aromatic heterocycles. The van der Waals surface area contributed by atoms with Crippen LogP contribution in [0.1, 0.15) is 34.6 Å². The van der Waals surface area contributed by atoms with E-state index in [0.29, 0.717) is 0 Å². The molecule has 148 valence electrons. The standard InChI is InChI=1S/C16H25NO9/c1-6-22-16-13(17-8(2)18)15(25-11(5)21)14(24-10(4)20)12(26-16)7-23-9(3)19/h12-16H,6-7H2,1-5H3,(H,17,18)/t12-,13-,14+,15-,16-/m1/s1. The molecule has 0 unspecified atom stereocenters. The van der Waals surface area contributed by atoms with Crippen LogP contribution in [-0.4, -0.2) is 67.7 Å². The topological polar surface area (TPSA) is 126 Å². The summed E-state index contributed by atoms with van der Waals surface area (Å²) < 4.78 is 26.7. The van der Waals surface area contributed by atoms with Crippen LogP contribution < -0.4 is 5.32 Å². The maximum absolute atomic E-state index is 11.6. The molecule has 1 rings (SSSR count). The summed E-state index contributed by atoms with van der Waals surface area (Å²) in [6.07, 6.45) is -4.15. The fraction of sp³-hybridized carbons (Fsp3) is 0.750. The highest BCUT2D eigenvalue weighted by Gasteiger charge is 2.51. The fourth-order valence-corrected chi connectivity index (χ4v) is 2.60. The summed E-state index contributed by atoms with van der Waals surface area (Å²) in [5, 5.41) is 2.60. The average molecular weight is 375 g/mol. The third-order valence-corrected chi connectivity index (χ3v) is 3.40. The third-order valence-electron chi connectivity index (χ3n) is 3.40. The first kappa shape index (κ1) is 21.8. The maximum Gasteiger partial charge on any atom is 0.303 e. The summed E-state index contributed by atoms with van der Waals surface area (Å²) in [4.78, 5) is 45.8. The van der Waals surface area contributed by atoms with E-state index in [9.17, 15) is 19.2 Å². The molecule has 26 heavy (non-hydrogen) atoms. The lowest BCUT2D eigenvalue weighted by Gasteiger charge is -2.44. The van der Waals surface area contributed by atoms with E-state index in [-0.39, 0.29) is 13.2 Å². The van der Waals surface area contributed by atoms with E-state index in [1.807, 2.05) is 0 Å². The van der Waals surface area contributed by atoms with Gasteiger partial charge in [-0.25, -0.2) is 0 Å². The Balaban J connectivity index is 3.22. The van der Waals surface area contributed by atoms with Crippen LogP contribution in [0.4, 0.5) is 0 Å². The maximum atomic E-state index is 11.6. The number of hydrogen-bond donors (Lipinski definition) is 1. The third kappa shape index (κ3) is 6.60. The molecule has 1 aliphatic heterocycles. The average Bonchev–Trinajstić information content (AvgIpc) is 2.50. The minimum Gasteiger partial charge on any atom is -0.463 e. The van der Waals surface area contributed by atoms with Gasteiger partial charge in [-0.3, -0.25) is 19.2 Å². The van der Waals surface area contributed by atoms with Crippen LogP contribution in [0.25, 0.3) is 0 Å². The summed E-state index contributed by atoms with van der Waals surface area (Å²) in [6.45, 7) is 6.56. The second kappa shape index (κ2) is 10.1. The predicted molar refractivity (Wildman–Crippen MR) is 85.6 cm³/mol. The van der Waals surface area contributed by atoms with Crippen molar-refractivity contribution in [2.24, 2.45) is 0 Å². The Hall–Kier alpha value is -2.20. The molecular weight excluding hydrogens is 350 g/mol. The van der Waals surface area contributed by atoms with E-state index in [1.165, 1.54) is 27.7 Å². The van der Waals surface area contributed by atoms with Crippen molar-refractivity contribution < 1.29 is 42.9 Å². The first-order valence-electron chi connectivity index (χ1n) is 8.17. The van der Waals surface area contributed by atoms with E-state index in [0.717, 1.165) is 0 Å². The largest absolute Gasteiger partial charge is 0.463 e. The van der Waals surface area contributed by atoms with Gasteiger partial charge in [-0.15, -0.1) is 0 Å². The lowest BCUT2D eigenvalue weighted by atomic mass is 9.96. The SMILES string of the molecule is CCO[C@@H]1O[C@H](COC(C)=O)[C@H](OC(C)=O)[C@H](OC(C)=O)[C@H]1NC(C)=O. The van der Waals surface area contributed by atoms with Gasteiger partial charge in [0.15, 0.2) is 18.5 Å². The van der Waals surface area contributed by atoms with Crippen LogP contribution in [0.3, 0.4) is 0 Å². The van der Waals surface area contributed by atoms with Gasteiger partial charge in [0.1, 0.15) is 18.8 Å². The van der Waals surface area contributed by atoms with Crippen molar-refractivity contribution in [3.8, 4) is 0 Å². The normalized spacial score (nSPS) is 28.0. The van der Waals surface area contributed by atoms with E-state index >= 15 is 0 Å². The lowest BCUT2D eigenvalue weighted by Crippen LogP contribution is -2.66. The number of carbonyl (C=O) groups is 4. The number of esters is 3. The van der Waals surface area contributed by atoms with Crippen LogP contribution in [0.15, 0.2) is 0 Å². The molecule has 1 aliphatic rings. The van der Waals surface area contributed by atoms with Gasteiger partial charge in [0.05, 0.1) is 0 Å². The van der Waals surface area contributed by atoms with Gasteiger partial charge in [-0.1, -0.05) is 0 Å². The zero-order valence-corrected chi connectivity index (χ0v) is 15.5. The quantitative estimate of drug-likeness (QED) is 0.470. The van der Waals surface area contributed by atoms with Gasteiger partial charge in [0.2, 0.25) is 5.91 Å². The minimum atomic E-state index is -1.11. The highest BCUT2D eigenvalue weighted by Crippen LogP contribution is 2.27. The van der Waals surface area contributed by atoms with Crippen molar-refractivity contribution in [2.45, 2.75) is 65.3 Å². The number of nitrogens with one attached hydrogen (secondary N) is 1. The molecule has 0 saturated carbocycles. The monoisotopic (exact) mass is 375 g/mol. The second-order valence-corrected chi connectivity index (χ2v) is 5.68. The van der Waals surface area contributed by atoms with Crippen LogP contribution in [0.5, 0.6) is 0 Å². The molecule has 1 heterocycles. The Labute approximate surface area is 151 Å². The molecule has 0 bridgehead atoms. The molecule has 1 saturated heterocycles. The van der Waals surface area contributed by atoms with Crippen molar-refractivity contribution in [1.29, 1.82) is 0 Å². The van der Waals surface area contributed by atoms with Crippen LogP contribution in [0, 0.1) is 0 Å². The molecule has 0 spiro atoms. The summed E-state index contributed by atoms with van der Waals surface area (Å²) in [5.74, 6) is -2.28. The number of amides is 1. The van der Waals surface area contributed by atoms with Crippen molar-refractivity contribution >= 4 is 23.8 Å². The molecular formula is C16H25NO9. The number of hydrogen-bond acceptors (Lipinski definition) is 9. The summed E-state index contributed by atoms with van der Waals surface area (Å²) >= 11 is 0. The second-order valence-electron chi connectivity index (χ2n) is 5.68. The lowest BCUT2D eigenvalue weighted by molar-refractivity contribution is -0.276. The molecule has 0 aromatic carbocycles. The first-order chi connectivity index (χ1) is 12.1. The van der Waals surface area contributed by atoms with Gasteiger partial charge >= 0.3 is 17.9 Å². The molecule has 1 fully saturated rings. The van der Waals surface area contributed by atoms with Gasteiger partial charge in [-0.05, 0) is 6.92 Å². The smallest absolute Gasteiger partial charge is 0.303 e. The number of carbonyl (C=O) groups excluding carboxylic acids is 4. The summed E-state index contributed by atoms with van der Waals surface area (Å²) in [5.41, 5.74) is 0. The van der Waals surface area contributed by atoms with Crippen LogP contribution in [0.2, 0.25) is 0 Å². The zero-order valence-electron chi connectivity index (χ0n) is 15.5. The molecule has 1 N–H and O–H groups in total. The highest BCUT2D eigenvalue weighted by molar-refractivity contribution is 5.73. The van der Waals surface area contributed by atoms with E-state index in [1.54, 1.807) is 6.92 Å². The number of rotatable bonds is 7. The molecule has 10 heteroatoms. The van der Waals surface area contributed by atoms with Crippen molar-refractivity contribution in [1.82, 2.24) is 5.32 Å². The molecule has 5 atom stereocenters. The molecule has 0 radical (unpaired) electrons. The Morgan fingerprint density at radius 2 is 1.50 bits per heavy atom. The van der Waals surface area contributed by atoms with Gasteiger partial charge in [0.25, 0.3) is 0 Å². The van der Waals surface area contributed by atoms with Gasteiger partial charge in [0, 0.05) is 34.3 Å². The zero-order chi connectivity index (χ0) is 19.9. The van der Waals surface area contributed by atoms with Crippen molar-refractivity contribution in [2.75, 3.05) is 13.2 Å². The van der Waals surface area contributed by atoms with E-state index < -0.39 is 54.5 Å². The van der Waals surface area contributed by atoms with E-state index in [2.05, 4.69) is 5.32 Å². The van der Waals surface area contributed by atoms with Crippen molar-refractivity contribution in [3.63, 3.8) is 0 Å². The van der Waals surface area contributed by atoms with Gasteiger partial charge in [-0.2, -0.15) is 0 Å². The first-order valence-corrected chi connectivity index (χ1v) is 8.17. The highest BCUT2D eigenvalue weighted by atomic mass is 16.7. The summed E-state index contributed by atoms with van der Waals surface area (Å²) in [6, 6.07) is -0.922. The Bertz CT molecular complexity index is 536. The fourth-order valence-electron chi connectivity index (χ4n) is 2.60. The molecule has 0 aliphatic carbocycles. The summed E-state index contributed by atoms with van der Waals surface area (Å²) in [7, 11) is 0. The molecule has 10 nitrogen and oxygen atoms in total. The van der Waals surface area contributed by atoms with Crippen LogP contribution >= 0.6 is 0 Å².